The normalized spacial score (nSPS) is 11.1. The minimum atomic E-state index is 0.661. The average molecular weight is 378 g/mol. The fraction of sp³-hybridized carbons (Fsp3) is 0.0952. The van der Waals surface area contributed by atoms with Gasteiger partial charge in [-0.2, -0.15) is 0 Å². The largest absolute Gasteiger partial charge is 0.494 e. The van der Waals surface area contributed by atoms with Crippen molar-refractivity contribution in [2.24, 2.45) is 0 Å². The van der Waals surface area contributed by atoms with Crippen LogP contribution in [0.1, 0.15) is 6.92 Å². The van der Waals surface area contributed by atoms with E-state index in [0.29, 0.717) is 6.61 Å². The number of aromatic nitrogens is 1. The molecule has 0 spiro atoms. The van der Waals surface area contributed by atoms with E-state index in [1.54, 1.807) is 0 Å². The van der Waals surface area contributed by atoms with E-state index in [0.717, 1.165) is 37.8 Å². The third-order valence-electron chi connectivity index (χ3n) is 4.10. The van der Waals surface area contributed by atoms with Crippen molar-refractivity contribution in [3.8, 4) is 17.0 Å². The van der Waals surface area contributed by atoms with E-state index in [9.17, 15) is 0 Å². The molecule has 0 unspecified atom stereocenters. The first-order valence-corrected chi connectivity index (χ1v) is 8.77. The summed E-state index contributed by atoms with van der Waals surface area (Å²) >= 11 is 3.50. The predicted octanol–water partition coefficient (Wildman–Crippen LogP) is 6.22. The topological polar surface area (TPSA) is 22.1 Å². The van der Waals surface area contributed by atoms with E-state index in [4.69, 9.17) is 9.72 Å². The Morgan fingerprint density at radius 2 is 1.62 bits per heavy atom. The number of fused-ring (bicyclic) bond motifs is 3. The number of nitrogens with zero attached hydrogens (tertiary/aromatic N) is 1. The summed E-state index contributed by atoms with van der Waals surface area (Å²) in [6, 6.07) is 22.8. The Kier molecular flexibility index (Phi) is 3.95. The van der Waals surface area contributed by atoms with Crippen LogP contribution in [0.3, 0.4) is 0 Å². The van der Waals surface area contributed by atoms with Crippen LogP contribution in [0.4, 0.5) is 0 Å². The number of halogens is 1. The second-order valence-electron chi connectivity index (χ2n) is 5.62. The van der Waals surface area contributed by atoms with E-state index in [1.807, 2.05) is 31.2 Å². The van der Waals surface area contributed by atoms with Gasteiger partial charge in [0.25, 0.3) is 0 Å². The molecule has 0 N–H and O–H groups in total. The zero-order valence-electron chi connectivity index (χ0n) is 13.3. The van der Waals surface area contributed by atoms with Crippen molar-refractivity contribution in [1.29, 1.82) is 0 Å². The Balaban J connectivity index is 2.03. The van der Waals surface area contributed by atoms with E-state index >= 15 is 0 Å². The van der Waals surface area contributed by atoms with Crippen molar-refractivity contribution in [3.63, 3.8) is 0 Å². The van der Waals surface area contributed by atoms with E-state index in [-0.39, 0.29) is 0 Å². The Labute approximate surface area is 149 Å². The number of ether oxygens (including phenoxy) is 1. The van der Waals surface area contributed by atoms with Crippen LogP contribution in [0.15, 0.2) is 71.2 Å². The molecule has 24 heavy (non-hydrogen) atoms. The fourth-order valence-electron chi connectivity index (χ4n) is 3.02. The van der Waals surface area contributed by atoms with E-state index < -0.39 is 0 Å². The summed E-state index contributed by atoms with van der Waals surface area (Å²) in [4.78, 5) is 4.93. The van der Waals surface area contributed by atoms with Gasteiger partial charge >= 0.3 is 0 Å². The zero-order valence-corrected chi connectivity index (χ0v) is 14.9. The third kappa shape index (κ3) is 2.65. The second-order valence-corrected chi connectivity index (χ2v) is 6.54. The molecule has 0 aliphatic rings. The number of hydrogen-bond acceptors (Lipinski definition) is 2. The highest BCUT2D eigenvalue weighted by molar-refractivity contribution is 9.10. The molecular weight excluding hydrogens is 362 g/mol. The fourth-order valence-corrected chi connectivity index (χ4v) is 3.28. The summed E-state index contributed by atoms with van der Waals surface area (Å²) in [5, 5.41) is 3.47. The quantitative estimate of drug-likeness (QED) is 0.395. The van der Waals surface area contributed by atoms with Gasteiger partial charge in [0.05, 0.1) is 17.8 Å². The van der Waals surface area contributed by atoms with Crippen LogP contribution in [0.2, 0.25) is 0 Å². The predicted molar refractivity (Wildman–Crippen MR) is 104 cm³/mol. The molecule has 0 saturated heterocycles. The lowest BCUT2D eigenvalue weighted by atomic mass is 10.00. The maximum Gasteiger partial charge on any atom is 0.120 e. The minimum absolute atomic E-state index is 0.661. The van der Waals surface area contributed by atoms with Crippen LogP contribution in [0, 0.1) is 0 Å². The van der Waals surface area contributed by atoms with Gasteiger partial charge in [0.2, 0.25) is 0 Å². The van der Waals surface area contributed by atoms with Gasteiger partial charge in [-0.25, -0.2) is 4.98 Å². The molecular formula is C21H16BrNO. The van der Waals surface area contributed by atoms with Gasteiger partial charge in [-0.3, -0.25) is 0 Å². The molecule has 0 amide bonds. The SMILES string of the molecule is CCOc1ccc2nc(-c3ccc(Br)cc3)c3ccccc3c2c1. The molecule has 0 bridgehead atoms. The van der Waals surface area contributed by atoms with Crippen LogP contribution < -0.4 is 4.74 Å². The van der Waals surface area contributed by atoms with Crippen molar-refractivity contribution < 1.29 is 4.74 Å². The summed E-state index contributed by atoms with van der Waals surface area (Å²) in [5.74, 6) is 0.883. The second kappa shape index (κ2) is 6.25. The Morgan fingerprint density at radius 3 is 2.38 bits per heavy atom. The molecule has 0 atom stereocenters. The maximum atomic E-state index is 5.66. The molecule has 118 valence electrons. The Bertz CT molecular complexity index is 1030. The van der Waals surface area contributed by atoms with Gasteiger partial charge < -0.3 is 4.74 Å². The monoisotopic (exact) mass is 377 g/mol. The van der Waals surface area contributed by atoms with Crippen molar-refractivity contribution in [2.75, 3.05) is 6.61 Å². The van der Waals surface area contributed by atoms with Crippen LogP contribution in [-0.4, -0.2) is 11.6 Å². The van der Waals surface area contributed by atoms with Gasteiger partial charge in [0.15, 0.2) is 0 Å². The standard InChI is InChI=1S/C21H16BrNO/c1-2-24-16-11-12-20-19(13-16)17-5-3-4-6-18(17)21(23-20)14-7-9-15(22)10-8-14/h3-13H,2H2,1H3. The third-order valence-corrected chi connectivity index (χ3v) is 4.63. The first-order chi connectivity index (χ1) is 11.8. The molecule has 0 aliphatic heterocycles. The first-order valence-electron chi connectivity index (χ1n) is 7.97. The minimum Gasteiger partial charge on any atom is -0.494 e. The van der Waals surface area contributed by atoms with Crippen molar-refractivity contribution >= 4 is 37.6 Å². The molecule has 2 nitrogen and oxygen atoms in total. The molecule has 4 rings (SSSR count). The number of benzene rings is 3. The summed E-state index contributed by atoms with van der Waals surface area (Å²) in [6.07, 6.45) is 0. The molecule has 0 radical (unpaired) electrons. The first kappa shape index (κ1) is 15.2. The Morgan fingerprint density at radius 1 is 0.875 bits per heavy atom. The molecule has 1 heterocycles. The lowest BCUT2D eigenvalue weighted by Crippen LogP contribution is -1.93. The molecule has 4 aromatic rings. The van der Waals surface area contributed by atoms with E-state index in [1.165, 1.54) is 5.39 Å². The van der Waals surface area contributed by atoms with Gasteiger partial charge in [-0.05, 0) is 42.6 Å². The van der Waals surface area contributed by atoms with Crippen molar-refractivity contribution in [1.82, 2.24) is 4.98 Å². The zero-order chi connectivity index (χ0) is 16.5. The number of pyridine rings is 1. The van der Waals surface area contributed by atoms with Crippen molar-refractivity contribution in [3.05, 3.63) is 71.2 Å². The molecule has 0 saturated carbocycles. The summed E-state index contributed by atoms with van der Waals surface area (Å²) in [6.45, 7) is 2.66. The highest BCUT2D eigenvalue weighted by Gasteiger charge is 2.10. The molecule has 1 aromatic heterocycles. The Hall–Kier alpha value is -2.39. The van der Waals surface area contributed by atoms with Crippen LogP contribution in [0.5, 0.6) is 5.75 Å². The summed E-state index contributed by atoms with van der Waals surface area (Å²) < 4.78 is 6.73. The lowest BCUT2D eigenvalue weighted by molar-refractivity contribution is 0.341. The highest BCUT2D eigenvalue weighted by Crippen LogP contribution is 2.34. The van der Waals surface area contributed by atoms with Crippen LogP contribution >= 0.6 is 15.9 Å². The maximum absolute atomic E-state index is 5.66. The molecule has 3 aromatic carbocycles. The van der Waals surface area contributed by atoms with Crippen LogP contribution in [0.25, 0.3) is 32.9 Å². The smallest absolute Gasteiger partial charge is 0.120 e. The van der Waals surface area contributed by atoms with Crippen LogP contribution in [-0.2, 0) is 0 Å². The summed E-state index contributed by atoms with van der Waals surface area (Å²) in [5.41, 5.74) is 3.11. The average Bonchev–Trinajstić information content (AvgIpc) is 2.62. The van der Waals surface area contributed by atoms with Gasteiger partial charge in [0.1, 0.15) is 5.75 Å². The van der Waals surface area contributed by atoms with Gasteiger partial charge in [-0.1, -0.05) is 52.3 Å². The highest BCUT2D eigenvalue weighted by atomic mass is 79.9. The van der Waals surface area contributed by atoms with Gasteiger partial charge in [-0.15, -0.1) is 0 Å². The van der Waals surface area contributed by atoms with Gasteiger partial charge in [0, 0.05) is 20.8 Å². The van der Waals surface area contributed by atoms with E-state index in [2.05, 4.69) is 58.4 Å². The summed E-state index contributed by atoms with van der Waals surface area (Å²) in [7, 11) is 0. The molecule has 0 fully saturated rings. The van der Waals surface area contributed by atoms with Crippen molar-refractivity contribution in [2.45, 2.75) is 6.92 Å². The molecule has 0 aliphatic carbocycles. The number of hydrogen-bond donors (Lipinski definition) is 0. The number of rotatable bonds is 3. The lowest BCUT2D eigenvalue weighted by Gasteiger charge is -2.11. The molecule has 3 heteroatoms.